The molecule has 2 aromatic carbocycles. The maximum absolute atomic E-state index is 6.18. The second-order valence-electron chi connectivity index (χ2n) is 9.83. The Bertz CT molecular complexity index is 1240. The van der Waals surface area contributed by atoms with Gasteiger partial charge in [-0.05, 0) is 97.9 Å². The van der Waals surface area contributed by atoms with Crippen LogP contribution in [0.2, 0.25) is 0 Å². The summed E-state index contributed by atoms with van der Waals surface area (Å²) in [6, 6.07) is 14.3. The lowest BCUT2D eigenvalue weighted by Crippen LogP contribution is -2.07. The third-order valence-electron chi connectivity index (χ3n) is 6.95. The van der Waals surface area contributed by atoms with Crippen LogP contribution in [0.4, 0.5) is 0 Å². The van der Waals surface area contributed by atoms with Gasteiger partial charge in [-0.15, -0.1) is 0 Å². The SMILES string of the molecule is C=C(c1c(C)cccc1COc1cccc(OCC2=COC(C3=CC=C(C)CC3)=CC2)c1)C1CC1.CC. The lowest BCUT2D eigenvalue weighted by molar-refractivity contribution is 0.296. The van der Waals surface area contributed by atoms with Gasteiger partial charge in [-0.25, -0.2) is 0 Å². The first-order valence-corrected chi connectivity index (χ1v) is 13.6. The molecule has 0 amide bonds. The molecule has 0 N–H and O–H groups in total. The van der Waals surface area contributed by atoms with Gasteiger partial charge in [-0.2, -0.15) is 0 Å². The molecule has 1 saturated carbocycles. The Hall–Kier alpha value is -3.46. The molecule has 0 unspecified atom stereocenters. The number of benzene rings is 2. The molecular formula is C34H40O3. The molecule has 3 heteroatoms. The van der Waals surface area contributed by atoms with Crippen LogP contribution in [0.1, 0.15) is 69.6 Å². The predicted molar refractivity (Wildman–Crippen MR) is 153 cm³/mol. The van der Waals surface area contributed by atoms with Crippen LogP contribution in [0, 0.1) is 12.8 Å². The quantitative estimate of drug-likeness (QED) is 0.346. The lowest BCUT2D eigenvalue weighted by Gasteiger charge is -2.19. The molecule has 194 valence electrons. The largest absolute Gasteiger partial charge is 0.489 e. The van der Waals surface area contributed by atoms with E-state index in [1.807, 2.05) is 44.4 Å². The Kier molecular flexibility index (Phi) is 9.11. The summed E-state index contributed by atoms with van der Waals surface area (Å²) in [5.41, 5.74) is 8.80. The zero-order chi connectivity index (χ0) is 26.2. The van der Waals surface area contributed by atoms with Crippen LogP contribution in [-0.4, -0.2) is 6.61 Å². The maximum Gasteiger partial charge on any atom is 0.126 e. The fourth-order valence-electron chi connectivity index (χ4n) is 4.65. The minimum Gasteiger partial charge on any atom is -0.489 e. The van der Waals surface area contributed by atoms with Gasteiger partial charge in [0, 0.05) is 11.6 Å². The van der Waals surface area contributed by atoms with Crippen LogP contribution in [0.5, 0.6) is 11.5 Å². The summed E-state index contributed by atoms with van der Waals surface area (Å²) in [6.45, 7) is 13.7. The summed E-state index contributed by atoms with van der Waals surface area (Å²) in [7, 11) is 0. The van der Waals surface area contributed by atoms with Gasteiger partial charge in [-0.3, -0.25) is 0 Å². The summed E-state index contributed by atoms with van der Waals surface area (Å²) in [5.74, 6) is 3.21. The van der Waals surface area contributed by atoms with Crippen LogP contribution in [0.15, 0.2) is 96.0 Å². The molecule has 0 spiro atoms. The van der Waals surface area contributed by atoms with Crippen molar-refractivity contribution in [2.24, 2.45) is 5.92 Å². The van der Waals surface area contributed by atoms with E-state index in [0.717, 1.165) is 42.1 Å². The lowest BCUT2D eigenvalue weighted by atomic mass is 9.93. The Labute approximate surface area is 222 Å². The van der Waals surface area contributed by atoms with Crippen LogP contribution < -0.4 is 9.47 Å². The summed E-state index contributed by atoms with van der Waals surface area (Å²) < 4.78 is 18.2. The molecule has 5 rings (SSSR count). The van der Waals surface area contributed by atoms with E-state index in [1.54, 1.807) is 0 Å². The number of allylic oxidation sites excluding steroid dienone is 6. The molecule has 3 aliphatic rings. The average Bonchev–Trinajstić information content (AvgIpc) is 3.78. The molecule has 0 saturated heterocycles. The van der Waals surface area contributed by atoms with E-state index in [4.69, 9.17) is 14.2 Å². The molecule has 0 radical (unpaired) electrons. The molecule has 1 fully saturated rings. The number of hydrogen-bond donors (Lipinski definition) is 0. The number of hydrogen-bond acceptors (Lipinski definition) is 3. The molecule has 37 heavy (non-hydrogen) atoms. The van der Waals surface area contributed by atoms with Crippen LogP contribution in [-0.2, 0) is 11.3 Å². The van der Waals surface area contributed by atoms with E-state index in [-0.39, 0.29) is 0 Å². The Morgan fingerprint density at radius 1 is 0.946 bits per heavy atom. The Morgan fingerprint density at radius 3 is 2.32 bits per heavy atom. The topological polar surface area (TPSA) is 27.7 Å². The van der Waals surface area contributed by atoms with Gasteiger partial charge in [0.25, 0.3) is 0 Å². The van der Waals surface area contributed by atoms with Gasteiger partial charge >= 0.3 is 0 Å². The molecule has 0 aromatic heterocycles. The van der Waals surface area contributed by atoms with Gasteiger partial charge in [-0.1, -0.05) is 62.4 Å². The highest BCUT2D eigenvalue weighted by atomic mass is 16.5. The highest BCUT2D eigenvalue weighted by Gasteiger charge is 2.27. The highest BCUT2D eigenvalue weighted by molar-refractivity contribution is 5.72. The summed E-state index contributed by atoms with van der Waals surface area (Å²) >= 11 is 0. The van der Waals surface area contributed by atoms with Crippen molar-refractivity contribution in [3.63, 3.8) is 0 Å². The minimum atomic E-state index is 0.495. The monoisotopic (exact) mass is 496 g/mol. The Balaban J connectivity index is 0.00000156. The first-order chi connectivity index (χ1) is 18.1. The van der Waals surface area contributed by atoms with Crippen molar-refractivity contribution < 1.29 is 14.2 Å². The van der Waals surface area contributed by atoms with E-state index < -0.39 is 0 Å². The molecular weight excluding hydrogens is 456 g/mol. The standard InChI is InChI=1S/C32H34O3.C2H6/c1-22-10-13-27(14-11-22)31-17-12-25(20-35-31)19-33-29-8-5-9-30(18-29)34-21-28-7-4-6-23(2)32(28)24(3)26-15-16-26;1-2/h4-10,13,17-18,20,26H,3,11-12,14-16,19,21H2,1-2H3;1-2H3. The smallest absolute Gasteiger partial charge is 0.126 e. The van der Waals surface area contributed by atoms with Crippen molar-refractivity contribution in [2.75, 3.05) is 6.61 Å². The van der Waals surface area contributed by atoms with Crippen molar-refractivity contribution in [1.82, 2.24) is 0 Å². The van der Waals surface area contributed by atoms with Crippen molar-refractivity contribution in [3.05, 3.63) is 113 Å². The maximum atomic E-state index is 6.18. The van der Waals surface area contributed by atoms with Crippen molar-refractivity contribution >= 4 is 5.57 Å². The molecule has 0 bridgehead atoms. The van der Waals surface area contributed by atoms with Gasteiger partial charge in [0.1, 0.15) is 30.5 Å². The van der Waals surface area contributed by atoms with Gasteiger partial charge in [0.2, 0.25) is 0 Å². The number of aryl methyl sites for hydroxylation is 1. The molecule has 3 nitrogen and oxygen atoms in total. The first-order valence-electron chi connectivity index (χ1n) is 13.6. The second kappa shape index (κ2) is 12.7. The summed E-state index contributed by atoms with van der Waals surface area (Å²) in [6.07, 6.45) is 13.8. The third-order valence-corrected chi connectivity index (χ3v) is 6.95. The first kappa shape index (κ1) is 26.6. The average molecular weight is 497 g/mol. The fraction of sp³-hybridized carbons (Fsp3) is 0.353. The van der Waals surface area contributed by atoms with E-state index in [0.29, 0.717) is 19.1 Å². The summed E-state index contributed by atoms with van der Waals surface area (Å²) in [5, 5.41) is 0. The van der Waals surface area contributed by atoms with Crippen molar-refractivity contribution in [2.45, 2.75) is 66.4 Å². The molecule has 2 aromatic rings. The normalized spacial score (nSPS) is 16.6. The van der Waals surface area contributed by atoms with E-state index in [9.17, 15) is 0 Å². The molecule has 1 heterocycles. The van der Waals surface area contributed by atoms with E-state index in [2.05, 4.69) is 56.9 Å². The third kappa shape index (κ3) is 7.07. The van der Waals surface area contributed by atoms with E-state index >= 15 is 0 Å². The summed E-state index contributed by atoms with van der Waals surface area (Å²) in [4.78, 5) is 0. The minimum absolute atomic E-state index is 0.495. The molecule has 2 aliphatic carbocycles. The Morgan fingerprint density at radius 2 is 1.68 bits per heavy atom. The molecule has 1 aliphatic heterocycles. The van der Waals surface area contributed by atoms with Crippen LogP contribution in [0.3, 0.4) is 0 Å². The number of rotatable bonds is 9. The van der Waals surface area contributed by atoms with Crippen molar-refractivity contribution in [1.29, 1.82) is 0 Å². The highest BCUT2D eigenvalue weighted by Crippen LogP contribution is 2.43. The second-order valence-corrected chi connectivity index (χ2v) is 9.83. The van der Waals surface area contributed by atoms with E-state index in [1.165, 1.54) is 46.3 Å². The van der Waals surface area contributed by atoms with Crippen molar-refractivity contribution in [3.8, 4) is 11.5 Å². The zero-order valence-electron chi connectivity index (χ0n) is 22.8. The predicted octanol–water partition coefficient (Wildman–Crippen LogP) is 9.26. The van der Waals surface area contributed by atoms with Gasteiger partial charge in [0.05, 0.1) is 6.26 Å². The molecule has 0 atom stereocenters. The van der Waals surface area contributed by atoms with Gasteiger partial charge < -0.3 is 14.2 Å². The van der Waals surface area contributed by atoms with Gasteiger partial charge in [0.15, 0.2) is 0 Å². The van der Waals surface area contributed by atoms with Crippen LogP contribution >= 0.6 is 0 Å². The number of ether oxygens (including phenoxy) is 3. The fourth-order valence-corrected chi connectivity index (χ4v) is 4.65. The zero-order valence-corrected chi connectivity index (χ0v) is 22.8. The van der Waals surface area contributed by atoms with Crippen LogP contribution in [0.25, 0.3) is 5.57 Å².